The van der Waals surface area contributed by atoms with Crippen molar-refractivity contribution < 1.29 is 4.79 Å². The largest absolute Gasteiger partial charge is 0.325 e. The predicted molar refractivity (Wildman–Crippen MR) is 82.7 cm³/mol. The standard InChI is InChI=1S/C15H22N2OS/c1-11-3-5-14(6-4-11)17-15(18)12(2)16-9-13-7-8-19-10-13/h3-6,12-13,16H,7-10H2,1-2H3,(H,17,18). The van der Waals surface area contributed by atoms with Crippen molar-refractivity contribution in [3.63, 3.8) is 0 Å². The molecule has 0 aliphatic carbocycles. The highest BCUT2D eigenvalue weighted by molar-refractivity contribution is 7.99. The van der Waals surface area contributed by atoms with E-state index in [0.717, 1.165) is 18.2 Å². The van der Waals surface area contributed by atoms with Crippen LogP contribution in [0.5, 0.6) is 0 Å². The van der Waals surface area contributed by atoms with Crippen molar-refractivity contribution in [1.82, 2.24) is 5.32 Å². The van der Waals surface area contributed by atoms with Crippen molar-refractivity contribution in [3.8, 4) is 0 Å². The van der Waals surface area contributed by atoms with E-state index in [1.54, 1.807) is 0 Å². The van der Waals surface area contributed by atoms with Gasteiger partial charge in [-0.2, -0.15) is 11.8 Å². The van der Waals surface area contributed by atoms with Crippen LogP contribution < -0.4 is 10.6 Å². The van der Waals surface area contributed by atoms with Gasteiger partial charge in [0.05, 0.1) is 6.04 Å². The lowest BCUT2D eigenvalue weighted by molar-refractivity contribution is -0.117. The number of rotatable bonds is 5. The van der Waals surface area contributed by atoms with Gasteiger partial charge in [0, 0.05) is 5.69 Å². The summed E-state index contributed by atoms with van der Waals surface area (Å²) in [5.41, 5.74) is 2.06. The molecule has 0 bridgehead atoms. The fourth-order valence-electron chi connectivity index (χ4n) is 2.07. The fourth-order valence-corrected chi connectivity index (χ4v) is 3.35. The highest BCUT2D eigenvalue weighted by Gasteiger charge is 2.18. The topological polar surface area (TPSA) is 41.1 Å². The molecule has 4 heteroatoms. The van der Waals surface area contributed by atoms with Crippen LogP contribution in [0.3, 0.4) is 0 Å². The number of benzene rings is 1. The zero-order chi connectivity index (χ0) is 13.7. The van der Waals surface area contributed by atoms with Crippen molar-refractivity contribution in [1.29, 1.82) is 0 Å². The minimum absolute atomic E-state index is 0.0366. The van der Waals surface area contributed by atoms with E-state index in [-0.39, 0.29) is 11.9 Å². The van der Waals surface area contributed by atoms with Crippen LogP contribution >= 0.6 is 11.8 Å². The number of hydrogen-bond donors (Lipinski definition) is 2. The van der Waals surface area contributed by atoms with Gasteiger partial charge in [-0.3, -0.25) is 4.79 Å². The summed E-state index contributed by atoms with van der Waals surface area (Å²) in [5, 5.41) is 6.27. The van der Waals surface area contributed by atoms with Crippen LogP contribution in [-0.2, 0) is 4.79 Å². The molecule has 2 rings (SSSR count). The molecule has 2 atom stereocenters. The third kappa shape index (κ3) is 4.55. The molecule has 1 heterocycles. The smallest absolute Gasteiger partial charge is 0.241 e. The first-order valence-electron chi connectivity index (χ1n) is 6.84. The zero-order valence-corrected chi connectivity index (χ0v) is 12.4. The SMILES string of the molecule is Cc1ccc(NC(=O)C(C)NCC2CCSC2)cc1. The Kier molecular flexibility index (Phi) is 5.28. The Hall–Kier alpha value is -1.00. The third-order valence-electron chi connectivity index (χ3n) is 3.45. The lowest BCUT2D eigenvalue weighted by Gasteiger charge is -2.16. The van der Waals surface area contributed by atoms with Gasteiger partial charge < -0.3 is 10.6 Å². The average molecular weight is 278 g/mol. The van der Waals surface area contributed by atoms with Gasteiger partial charge in [0.15, 0.2) is 0 Å². The molecule has 1 amide bonds. The molecule has 0 radical (unpaired) electrons. The number of carbonyl (C=O) groups is 1. The van der Waals surface area contributed by atoms with Gasteiger partial charge in [-0.25, -0.2) is 0 Å². The first-order valence-corrected chi connectivity index (χ1v) is 7.99. The highest BCUT2D eigenvalue weighted by Crippen LogP contribution is 2.22. The molecule has 3 nitrogen and oxygen atoms in total. The number of thioether (sulfide) groups is 1. The van der Waals surface area contributed by atoms with E-state index < -0.39 is 0 Å². The highest BCUT2D eigenvalue weighted by atomic mass is 32.2. The van der Waals surface area contributed by atoms with E-state index in [2.05, 4.69) is 10.6 Å². The Morgan fingerprint density at radius 2 is 2.16 bits per heavy atom. The maximum Gasteiger partial charge on any atom is 0.241 e. The van der Waals surface area contributed by atoms with Crippen molar-refractivity contribution in [2.45, 2.75) is 26.3 Å². The Balaban J connectivity index is 1.76. The van der Waals surface area contributed by atoms with Crippen LogP contribution in [0.25, 0.3) is 0 Å². The van der Waals surface area contributed by atoms with E-state index in [0.29, 0.717) is 0 Å². The molecular weight excluding hydrogens is 256 g/mol. The number of anilines is 1. The third-order valence-corrected chi connectivity index (χ3v) is 4.68. The summed E-state index contributed by atoms with van der Waals surface area (Å²) in [6.07, 6.45) is 1.27. The van der Waals surface area contributed by atoms with E-state index in [1.165, 1.54) is 23.5 Å². The van der Waals surface area contributed by atoms with Crippen molar-refractivity contribution >= 4 is 23.4 Å². The number of carbonyl (C=O) groups excluding carboxylic acids is 1. The molecule has 1 aromatic carbocycles. The summed E-state index contributed by atoms with van der Waals surface area (Å²) in [4.78, 5) is 12.0. The van der Waals surface area contributed by atoms with Crippen molar-refractivity contribution in [3.05, 3.63) is 29.8 Å². The van der Waals surface area contributed by atoms with Gasteiger partial charge in [0.25, 0.3) is 0 Å². The predicted octanol–water partition coefficient (Wildman–Crippen LogP) is 2.66. The molecule has 0 spiro atoms. The first-order chi connectivity index (χ1) is 9.15. The molecule has 1 aliphatic heterocycles. The molecule has 1 saturated heterocycles. The summed E-state index contributed by atoms with van der Waals surface area (Å²) in [5.74, 6) is 3.24. The van der Waals surface area contributed by atoms with Gasteiger partial charge in [-0.15, -0.1) is 0 Å². The summed E-state index contributed by atoms with van der Waals surface area (Å²) in [6, 6.07) is 7.74. The Morgan fingerprint density at radius 3 is 2.79 bits per heavy atom. The average Bonchev–Trinajstić information content (AvgIpc) is 2.91. The lowest BCUT2D eigenvalue weighted by atomic mass is 10.1. The first kappa shape index (κ1) is 14.4. The maximum absolute atomic E-state index is 12.0. The number of aryl methyl sites for hydroxylation is 1. The monoisotopic (exact) mass is 278 g/mol. The summed E-state index contributed by atoms with van der Waals surface area (Å²) < 4.78 is 0. The van der Waals surface area contributed by atoms with Gasteiger partial charge in [-0.05, 0) is 56.4 Å². The van der Waals surface area contributed by atoms with Crippen LogP contribution in [0.2, 0.25) is 0 Å². The van der Waals surface area contributed by atoms with Gasteiger partial charge in [-0.1, -0.05) is 17.7 Å². The van der Waals surface area contributed by atoms with Gasteiger partial charge >= 0.3 is 0 Å². The van der Waals surface area contributed by atoms with Crippen molar-refractivity contribution in [2.75, 3.05) is 23.4 Å². The van der Waals surface area contributed by atoms with Crippen LogP contribution in [0.1, 0.15) is 18.9 Å². The molecule has 1 fully saturated rings. The molecule has 2 N–H and O–H groups in total. The molecule has 1 aliphatic rings. The molecular formula is C15H22N2OS. The van der Waals surface area contributed by atoms with Gasteiger partial charge in [0.2, 0.25) is 5.91 Å². The Labute approximate surface area is 119 Å². The van der Waals surface area contributed by atoms with E-state index in [9.17, 15) is 4.79 Å². The summed E-state index contributed by atoms with van der Waals surface area (Å²) >= 11 is 2.01. The number of amides is 1. The fraction of sp³-hybridized carbons (Fsp3) is 0.533. The molecule has 1 aromatic rings. The summed E-state index contributed by atoms with van der Waals surface area (Å²) in [6.45, 7) is 4.90. The lowest BCUT2D eigenvalue weighted by Crippen LogP contribution is -2.40. The molecule has 2 unspecified atom stereocenters. The van der Waals surface area contributed by atoms with E-state index >= 15 is 0 Å². The second kappa shape index (κ2) is 6.96. The summed E-state index contributed by atoms with van der Waals surface area (Å²) in [7, 11) is 0. The molecule has 19 heavy (non-hydrogen) atoms. The number of hydrogen-bond acceptors (Lipinski definition) is 3. The molecule has 0 aromatic heterocycles. The minimum atomic E-state index is -0.146. The quantitative estimate of drug-likeness (QED) is 0.870. The van der Waals surface area contributed by atoms with Crippen LogP contribution in [0, 0.1) is 12.8 Å². The minimum Gasteiger partial charge on any atom is -0.325 e. The van der Waals surface area contributed by atoms with Crippen molar-refractivity contribution in [2.24, 2.45) is 5.92 Å². The second-order valence-electron chi connectivity index (χ2n) is 5.21. The van der Waals surface area contributed by atoms with E-state index in [1.807, 2.05) is 49.9 Å². The van der Waals surface area contributed by atoms with Crippen LogP contribution in [0.15, 0.2) is 24.3 Å². The molecule has 0 saturated carbocycles. The maximum atomic E-state index is 12.0. The van der Waals surface area contributed by atoms with Gasteiger partial charge in [0.1, 0.15) is 0 Å². The Bertz CT molecular complexity index is 413. The normalized spacial score (nSPS) is 20.2. The zero-order valence-electron chi connectivity index (χ0n) is 11.6. The van der Waals surface area contributed by atoms with E-state index in [4.69, 9.17) is 0 Å². The Morgan fingerprint density at radius 1 is 1.42 bits per heavy atom. The molecule has 104 valence electrons. The number of nitrogens with one attached hydrogen (secondary N) is 2. The van der Waals surface area contributed by atoms with Crippen LogP contribution in [0.4, 0.5) is 5.69 Å². The second-order valence-corrected chi connectivity index (χ2v) is 6.36. The van der Waals surface area contributed by atoms with Crippen LogP contribution in [-0.4, -0.2) is 30.0 Å².